The van der Waals surface area contributed by atoms with Gasteiger partial charge >= 0.3 is 0 Å². The summed E-state index contributed by atoms with van der Waals surface area (Å²) >= 11 is 13.2. The van der Waals surface area contributed by atoms with Crippen LogP contribution in [0.3, 0.4) is 0 Å². The second-order valence-corrected chi connectivity index (χ2v) is 8.92. The zero-order valence-corrected chi connectivity index (χ0v) is 20.0. The Morgan fingerprint density at radius 1 is 0.970 bits per heavy atom. The summed E-state index contributed by atoms with van der Waals surface area (Å²) in [5.74, 6) is 1.32. The van der Waals surface area contributed by atoms with Gasteiger partial charge in [-0.05, 0) is 67.1 Å². The number of nitrogens with one attached hydrogen (secondary N) is 1. The number of nitrogens with zero attached hydrogens (tertiary/aromatic N) is 3. The number of hydrogen-bond donors (Lipinski definition) is 1. The van der Waals surface area contributed by atoms with Crippen LogP contribution >= 0.6 is 35.0 Å². The molecule has 3 aromatic carbocycles. The second-order valence-electron chi connectivity index (χ2n) is 7.11. The molecule has 0 aliphatic carbocycles. The zero-order valence-electron chi connectivity index (χ0n) is 17.7. The predicted molar refractivity (Wildman–Crippen MR) is 133 cm³/mol. The van der Waals surface area contributed by atoms with Crippen molar-refractivity contribution in [1.82, 2.24) is 14.8 Å². The number of halogens is 2. The lowest BCUT2D eigenvalue weighted by atomic mass is 10.2. The summed E-state index contributed by atoms with van der Waals surface area (Å²) in [7, 11) is 0. The van der Waals surface area contributed by atoms with Crippen molar-refractivity contribution in [3.63, 3.8) is 0 Å². The maximum atomic E-state index is 12.5. The van der Waals surface area contributed by atoms with Gasteiger partial charge in [-0.15, -0.1) is 10.2 Å². The van der Waals surface area contributed by atoms with Crippen LogP contribution in [0.25, 0.3) is 5.69 Å². The molecule has 1 aromatic heterocycles. The minimum Gasteiger partial charge on any atom is -0.486 e. The molecule has 1 amide bonds. The standard InChI is InChI=1S/C24H20Cl2N4O2S/c1-16-4-2-3-5-21(16)30-22(14-32-20-12-8-18(26)9-13-20)28-29-24(30)33-15-23(31)27-19-10-6-17(25)7-11-19/h2-13H,14-15H2,1H3,(H,27,31). The molecule has 0 unspecified atom stereocenters. The van der Waals surface area contributed by atoms with Crippen LogP contribution in [-0.2, 0) is 11.4 Å². The van der Waals surface area contributed by atoms with Crippen molar-refractivity contribution < 1.29 is 9.53 Å². The van der Waals surface area contributed by atoms with E-state index in [4.69, 9.17) is 27.9 Å². The molecule has 1 N–H and O–H groups in total. The van der Waals surface area contributed by atoms with Crippen molar-refractivity contribution in [1.29, 1.82) is 0 Å². The SMILES string of the molecule is Cc1ccccc1-n1c(COc2ccc(Cl)cc2)nnc1SCC(=O)Nc1ccc(Cl)cc1. The fraction of sp³-hybridized carbons (Fsp3) is 0.125. The molecule has 4 aromatic rings. The van der Waals surface area contributed by atoms with Crippen LogP contribution in [0.1, 0.15) is 11.4 Å². The van der Waals surface area contributed by atoms with Crippen LogP contribution in [0.4, 0.5) is 5.69 Å². The molecule has 0 saturated heterocycles. The molecule has 33 heavy (non-hydrogen) atoms. The highest BCUT2D eigenvalue weighted by atomic mass is 35.5. The number of ether oxygens (including phenoxy) is 1. The van der Waals surface area contributed by atoms with Crippen LogP contribution in [0.15, 0.2) is 78.0 Å². The molecule has 0 spiro atoms. The molecule has 0 radical (unpaired) electrons. The van der Waals surface area contributed by atoms with Gasteiger partial charge in [0.2, 0.25) is 5.91 Å². The molecule has 168 valence electrons. The van der Waals surface area contributed by atoms with Crippen LogP contribution < -0.4 is 10.1 Å². The van der Waals surface area contributed by atoms with E-state index in [1.54, 1.807) is 48.5 Å². The lowest BCUT2D eigenvalue weighted by Gasteiger charge is -2.13. The van der Waals surface area contributed by atoms with E-state index in [0.717, 1.165) is 11.3 Å². The molecule has 6 nitrogen and oxygen atoms in total. The van der Waals surface area contributed by atoms with Crippen LogP contribution in [0.2, 0.25) is 10.0 Å². The quantitative estimate of drug-likeness (QED) is 0.293. The Bertz CT molecular complexity index is 1240. The Balaban J connectivity index is 1.51. The number of rotatable bonds is 8. The fourth-order valence-corrected chi connectivity index (χ4v) is 4.10. The molecule has 0 fully saturated rings. The van der Waals surface area contributed by atoms with Crippen molar-refractivity contribution in [3.8, 4) is 11.4 Å². The summed E-state index contributed by atoms with van der Waals surface area (Å²) in [6.45, 7) is 2.22. The Morgan fingerprint density at radius 2 is 1.64 bits per heavy atom. The fourth-order valence-electron chi connectivity index (χ4n) is 3.08. The van der Waals surface area contributed by atoms with Gasteiger partial charge in [-0.1, -0.05) is 53.2 Å². The van der Waals surface area contributed by atoms with E-state index in [2.05, 4.69) is 15.5 Å². The zero-order chi connectivity index (χ0) is 23.2. The molecule has 0 saturated carbocycles. The van der Waals surface area contributed by atoms with E-state index in [-0.39, 0.29) is 18.3 Å². The van der Waals surface area contributed by atoms with Gasteiger partial charge in [-0.25, -0.2) is 0 Å². The second kappa shape index (κ2) is 10.7. The maximum Gasteiger partial charge on any atom is 0.234 e. The third-order valence-electron chi connectivity index (χ3n) is 4.70. The highest BCUT2D eigenvalue weighted by Gasteiger charge is 2.18. The molecule has 0 aliphatic heterocycles. The highest BCUT2D eigenvalue weighted by molar-refractivity contribution is 7.99. The van der Waals surface area contributed by atoms with Crippen molar-refractivity contribution in [2.45, 2.75) is 18.7 Å². The summed E-state index contributed by atoms with van der Waals surface area (Å²) in [5.41, 5.74) is 2.66. The monoisotopic (exact) mass is 498 g/mol. The number of para-hydroxylation sites is 1. The Morgan fingerprint density at radius 3 is 2.33 bits per heavy atom. The van der Waals surface area contributed by atoms with E-state index in [0.29, 0.717) is 32.5 Å². The maximum absolute atomic E-state index is 12.5. The third-order valence-corrected chi connectivity index (χ3v) is 6.13. The van der Waals surface area contributed by atoms with E-state index >= 15 is 0 Å². The summed E-state index contributed by atoms with van der Waals surface area (Å²) < 4.78 is 7.82. The number of carbonyl (C=O) groups is 1. The number of amides is 1. The van der Waals surface area contributed by atoms with Crippen LogP contribution in [-0.4, -0.2) is 26.4 Å². The average Bonchev–Trinajstić information content (AvgIpc) is 3.22. The van der Waals surface area contributed by atoms with Gasteiger partial charge in [-0.2, -0.15) is 0 Å². The lowest BCUT2D eigenvalue weighted by molar-refractivity contribution is -0.113. The molecular formula is C24H20Cl2N4O2S. The van der Waals surface area contributed by atoms with Gasteiger partial charge in [0.1, 0.15) is 12.4 Å². The smallest absolute Gasteiger partial charge is 0.234 e. The summed E-state index contributed by atoms with van der Waals surface area (Å²) in [5, 5.41) is 13.4. The van der Waals surface area contributed by atoms with Crippen molar-refractivity contribution in [2.24, 2.45) is 0 Å². The average molecular weight is 499 g/mol. The first-order chi connectivity index (χ1) is 16.0. The Labute approximate surface area is 205 Å². The highest BCUT2D eigenvalue weighted by Crippen LogP contribution is 2.26. The molecule has 0 bridgehead atoms. The van der Waals surface area contributed by atoms with E-state index in [9.17, 15) is 4.79 Å². The van der Waals surface area contributed by atoms with Crippen molar-refractivity contribution >= 4 is 46.6 Å². The summed E-state index contributed by atoms with van der Waals surface area (Å²) in [4.78, 5) is 12.5. The molecule has 9 heteroatoms. The van der Waals surface area contributed by atoms with Crippen LogP contribution in [0, 0.1) is 6.92 Å². The summed E-state index contributed by atoms with van der Waals surface area (Å²) in [6.07, 6.45) is 0. The number of benzene rings is 3. The van der Waals surface area contributed by atoms with Crippen LogP contribution in [0.5, 0.6) is 5.75 Å². The number of carbonyl (C=O) groups excluding carboxylic acids is 1. The van der Waals surface area contributed by atoms with Gasteiger partial charge in [0.15, 0.2) is 11.0 Å². The van der Waals surface area contributed by atoms with Crippen molar-refractivity contribution in [3.05, 3.63) is 94.2 Å². The topological polar surface area (TPSA) is 69.0 Å². The first-order valence-corrected chi connectivity index (χ1v) is 11.8. The molecular weight excluding hydrogens is 479 g/mol. The first kappa shape index (κ1) is 23.2. The van der Waals surface area contributed by atoms with E-state index in [1.165, 1.54) is 11.8 Å². The molecule has 4 rings (SSSR count). The third kappa shape index (κ3) is 6.07. The van der Waals surface area contributed by atoms with Gasteiger partial charge in [0, 0.05) is 15.7 Å². The number of hydrogen-bond acceptors (Lipinski definition) is 5. The molecule has 0 atom stereocenters. The van der Waals surface area contributed by atoms with Crippen molar-refractivity contribution in [2.75, 3.05) is 11.1 Å². The lowest BCUT2D eigenvalue weighted by Crippen LogP contribution is -2.15. The van der Waals surface area contributed by atoms with E-state index in [1.807, 2.05) is 35.8 Å². The first-order valence-electron chi connectivity index (χ1n) is 10.1. The van der Waals surface area contributed by atoms with Gasteiger partial charge in [0.25, 0.3) is 0 Å². The normalized spacial score (nSPS) is 10.8. The van der Waals surface area contributed by atoms with E-state index < -0.39 is 0 Å². The number of thioether (sulfide) groups is 1. The van der Waals surface area contributed by atoms with Gasteiger partial charge < -0.3 is 10.1 Å². The van der Waals surface area contributed by atoms with Gasteiger partial charge in [0.05, 0.1) is 11.4 Å². The number of aromatic nitrogens is 3. The Kier molecular flexibility index (Phi) is 7.54. The number of anilines is 1. The minimum absolute atomic E-state index is 0.152. The summed E-state index contributed by atoms with van der Waals surface area (Å²) in [6, 6.07) is 22.0. The number of aryl methyl sites for hydroxylation is 1. The Hall–Kier alpha value is -3.00. The largest absolute Gasteiger partial charge is 0.486 e. The molecule has 1 heterocycles. The minimum atomic E-state index is -0.152. The predicted octanol–water partition coefficient (Wildman–Crippen LogP) is 6.19. The molecule has 0 aliphatic rings. The van der Waals surface area contributed by atoms with Gasteiger partial charge in [-0.3, -0.25) is 9.36 Å².